The fourth-order valence-electron chi connectivity index (χ4n) is 2.66. The van der Waals surface area contributed by atoms with Crippen molar-refractivity contribution >= 4 is 28.0 Å². The Balaban J connectivity index is 1.84. The Hall–Kier alpha value is -2.97. The summed E-state index contributed by atoms with van der Waals surface area (Å²) >= 11 is 0. The predicted molar refractivity (Wildman–Crippen MR) is 115 cm³/mol. The van der Waals surface area contributed by atoms with Gasteiger partial charge >= 0.3 is 5.97 Å². The number of nitrogens with one attached hydrogen (secondary N) is 1. The first-order valence-electron chi connectivity index (χ1n) is 9.62. The number of carbonyl (C=O) groups excluding carboxylic acids is 2. The highest BCUT2D eigenvalue weighted by Gasteiger charge is 2.20. The molecule has 2 aromatic rings. The SMILES string of the molecule is CCN(CC)S(=O)(=O)c1ccc(/C=C/C(=O)OCC(=O)NCc2ccccc2)cc1. The second-order valence-corrected chi connectivity index (χ2v) is 8.30. The molecule has 8 heteroatoms. The molecule has 0 unspecified atom stereocenters. The summed E-state index contributed by atoms with van der Waals surface area (Å²) in [4.78, 5) is 23.7. The fourth-order valence-corrected chi connectivity index (χ4v) is 4.12. The van der Waals surface area contributed by atoms with Crippen molar-refractivity contribution < 1.29 is 22.7 Å². The lowest BCUT2D eigenvalue weighted by Crippen LogP contribution is -2.30. The number of sulfonamides is 1. The zero-order chi connectivity index (χ0) is 22.0. The molecule has 0 aliphatic heterocycles. The minimum Gasteiger partial charge on any atom is -0.452 e. The van der Waals surface area contributed by atoms with Crippen molar-refractivity contribution in [3.05, 3.63) is 71.8 Å². The van der Waals surface area contributed by atoms with Crippen LogP contribution in [0.1, 0.15) is 25.0 Å². The van der Waals surface area contributed by atoms with Crippen LogP contribution in [0.3, 0.4) is 0 Å². The van der Waals surface area contributed by atoms with Gasteiger partial charge in [0.25, 0.3) is 5.91 Å². The second kappa shape index (κ2) is 11.3. The molecule has 0 spiro atoms. The molecule has 0 fully saturated rings. The van der Waals surface area contributed by atoms with E-state index in [1.54, 1.807) is 26.0 Å². The summed E-state index contributed by atoms with van der Waals surface area (Å²) in [6.07, 6.45) is 2.69. The van der Waals surface area contributed by atoms with E-state index in [0.29, 0.717) is 25.2 Å². The average Bonchev–Trinajstić information content (AvgIpc) is 2.76. The summed E-state index contributed by atoms with van der Waals surface area (Å²) in [5.74, 6) is -1.06. The van der Waals surface area contributed by atoms with Crippen LogP contribution in [-0.2, 0) is 30.9 Å². The number of rotatable bonds is 10. The maximum absolute atomic E-state index is 12.5. The molecular formula is C22H26N2O5S. The van der Waals surface area contributed by atoms with E-state index in [2.05, 4.69) is 5.32 Å². The summed E-state index contributed by atoms with van der Waals surface area (Å²) < 4.78 is 31.2. The Morgan fingerprint density at radius 1 is 1.00 bits per heavy atom. The van der Waals surface area contributed by atoms with Gasteiger partial charge in [-0.15, -0.1) is 0 Å². The molecule has 0 heterocycles. The van der Waals surface area contributed by atoms with E-state index < -0.39 is 21.9 Å². The first-order chi connectivity index (χ1) is 14.4. The first kappa shape index (κ1) is 23.3. The lowest BCUT2D eigenvalue weighted by atomic mass is 10.2. The standard InChI is InChI=1S/C22H26N2O5S/c1-3-24(4-2)30(27,28)20-13-10-18(11-14-20)12-15-22(26)29-17-21(25)23-16-19-8-6-5-7-9-19/h5-15H,3-4,16-17H2,1-2H3,(H,23,25)/b15-12+. The van der Waals surface area contributed by atoms with Crippen LogP contribution >= 0.6 is 0 Å². The minimum atomic E-state index is -3.52. The van der Waals surface area contributed by atoms with Crippen LogP contribution in [0.2, 0.25) is 0 Å². The van der Waals surface area contributed by atoms with Gasteiger partial charge in [-0.1, -0.05) is 56.3 Å². The summed E-state index contributed by atoms with van der Waals surface area (Å²) in [6, 6.07) is 15.6. The largest absolute Gasteiger partial charge is 0.452 e. The monoisotopic (exact) mass is 430 g/mol. The van der Waals surface area contributed by atoms with Crippen LogP contribution in [0.4, 0.5) is 0 Å². The molecule has 30 heavy (non-hydrogen) atoms. The van der Waals surface area contributed by atoms with Crippen LogP contribution in [-0.4, -0.2) is 44.3 Å². The van der Waals surface area contributed by atoms with E-state index in [-0.39, 0.29) is 11.5 Å². The lowest BCUT2D eigenvalue weighted by Gasteiger charge is -2.18. The zero-order valence-corrected chi connectivity index (χ0v) is 17.9. The fraction of sp³-hybridized carbons (Fsp3) is 0.273. The molecule has 0 aliphatic rings. The summed E-state index contributed by atoms with van der Waals surface area (Å²) in [7, 11) is -3.52. The molecule has 1 amide bonds. The maximum atomic E-state index is 12.5. The molecule has 0 atom stereocenters. The number of amides is 1. The number of esters is 1. The van der Waals surface area contributed by atoms with E-state index in [0.717, 1.165) is 5.56 Å². The van der Waals surface area contributed by atoms with Gasteiger partial charge in [0.1, 0.15) is 0 Å². The van der Waals surface area contributed by atoms with E-state index in [1.807, 2.05) is 30.3 Å². The number of hydrogen-bond acceptors (Lipinski definition) is 5. The molecule has 0 bridgehead atoms. The Labute approximate surface area is 177 Å². The predicted octanol–water partition coefficient (Wildman–Crippen LogP) is 2.59. The van der Waals surface area contributed by atoms with Crippen LogP contribution in [0, 0.1) is 0 Å². The molecule has 1 N–H and O–H groups in total. The molecule has 160 valence electrons. The summed E-state index contributed by atoms with van der Waals surface area (Å²) in [5.41, 5.74) is 1.59. The molecule has 0 saturated carbocycles. The Bertz CT molecular complexity index is 966. The van der Waals surface area contributed by atoms with Crippen LogP contribution in [0.15, 0.2) is 65.6 Å². The maximum Gasteiger partial charge on any atom is 0.331 e. The normalized spacial score (nSPS) is 11.6. The third-order valence-electron chi connectivity index (χ3n) is 4.31. The number of ether oxygens (including phenoxy) is 1. The molecular weight excluding hydrogens is 404 g/mol. The average molecular weight is 431 g/mol. The minimum absolute atomic E-state index is 0.195. The van der Waals surface area contributed by atoms with Gasteiger partial charge in [0, 0.05) is 25.7 Å². The second-order valence-electron chi connectivity index (χ2n) is 6.36. The van der Waals surface area contributed by atoms with Gasteiger partial charge in [0.05, 0.1) is 4.90 Å². The van der Waals surface area contributed by atoms with E-state index in [9.17, 15) is 18.0 Å². The van der Waals surface area contributed by atoms with Gasteiger partial charge < -0.3 is 10.1 Å². The number of nitrogens with zero attached hydrogens (tertiary/aromatic N) is 1. The smallest absolute Gasteiger partial charge is 0.331 e. The van der Waals surface area contributed by atoms with Gasteiger partial charge in [0.15, 0.2) is 6.61 Å². The molecule has 2 aromatic carbocycles. The van der Waals surface area contributed by atoms with Crippen molar-refractivity contribution in [2.75, 3.05) is 19.7 Å². The van der Waals surface area contributed by atoms with Gasteiger partial charge in [-0.25, -0.2) is 13.2 Å². The van der Waals surface area contributed by atoms with E-state index in [1.165, 1.54) is 28.6 Å². The molecule has 0 saturated heterocycles. The number of hydrogen-bond donors (Lipinski definition) is 1. The number of benzene rings is 2. The van der Waals surface area contributed by atoms with Gasteiger partial charge in [-0.3, -0.25) is 4.79 Å². The quantitative estimate of drug-likeness (QED) is 0.462. The molecule has 7 nitrogen and oxygen atoms in total. The highest BCUT2D eigenvalue weighted by molar-refractivity contribution is 7.89. The summed E-state index contributed by atoms with van der Waals surface area (Å²) in [5, 5.41) is 2.67. The Morgan fingerprint density at radius 3 is 2.23 bits per heavy atom. The van der Waals surface area contributed by atoms with Crippen molar-refractivity contribution in [2.45, 2.75) is 25.3 Å². The molecule has 0 aliphatic carbocycles. The number of carbonyl (C=O) groups is 2. The third kappa shape index (κ3) is 6.82. The van der Waals surface area contributed by atoms with Crippen LogP contribution < -0.4 is 5.32 Å². The molecule has 0 aromatic heterocycles. The van der Waals surface area contributed by atoms with E-state index >= 15 is 0 Å². The van der Waals surface area contributed by atoms with Crippen molar-refractivity contribution in [1.29, 1.82) is 0 Å². The van der Waals surface area contributed by atoms with Crippen LogP contribution in [0.25, 0.3) is 6.08 Å². The van der Waals surface area contributed by atoms with Crippen molar-refractivity contribution in [2.24, 2.45) is 0 Å². The first-order valence-corrected chi connectivity index (χ1v) is 11.1. The highest BCUT2D eigenvalue weighted by atomic mass is 32.2. The Kier molecular flexibility index (Phi) is 8.76. The molecule has 2 rings (SSSR count). The van der Waals surface area contributed by atoms with Gasteiger partial charge in [-0.2, -0.15) is 4.31 Å². The zero-order valence-electron chi connectivity index (χ0n) is 17.1. The van der Waals surface area contributed by atoms with Crippen LogP contribution in [0.5, 0.6) is 0 Å². The van der Waals surface area contributed by atoms with Gasteiger partial charge in [-0.05, 0) is 29.3 Å². The lowest BCUT2D eigenvalue weighted by molar-refractivity contribution is -0.143. The van der Waals surface area contributed by atoms with E-state index in [4.69, 9.17) is 4.74 Å². The Morgan fingerprint density at radius 2 is 1.63 bits per heavy atom. The van der Waals surface area contributed by atoms with Crippen molar-refractivity contribution in [3.8, 4) is 0 Å². The van der Waals surface area contributed by atoms with Crippen molar-refractivity contribution in [1.82, 2.24) is 9.62 Å². The molecule has 0 radical (unpaired) electrons. The third-order valence-corrected chi connectivity index (χ3v) is 6.38. The highest BCUT2D eigenvalue weighted by Crippen LogP contribution is 2.16. The van der Waals surface area contributed by atoms with Gasteiger partial charge in [0.2, 0.25) is 10.0 Å². The topological polar surface area (TPSA) is 92.8 Å². The van der Waals surface area contributed by atoms with Crippen molar-refractivity contribution in [3.63, 3.8) is 0 Å². The summed E-state index contributed by atoms with van der Waals surface area (Å²) in [6.45, 7) is 4.33.